The monoisotopic (exact) mass is 335 g/mol. The summed E-state index contributed by atoms with van der Waals surface area (Å²) in [6.45, 7) is 0.961. The van der Waals surface area contributed by atoms with E-state index in [0.29, 0.717) is 18.2 Å². The highest BCUT2D eigenvalue weighted by Crippen LogP contribution is 2.39. The van der Waals surface area contributed by atoms with Crippen LogP contribution in [0.1, 0.15) is 47.4 Å². The maximum absolute atomic E-state index is 12.4. The molecule has 3 nitrogen and oxygen atoms in total. The zero-order valence-corrected chi connectivity index (χ0v) is 14.5. The van der Waals surface area contributed by atoms with Crippen molar-refractivity contribution in [3.63, 3.8) is 0 Å². The molecule has 2 aromatic rings. The van der Waals surface area contributed by atoms with Crippen molar-refractivity contribution in [3.05, 3.63) is 70.8 Å². The van der Waals surface area contributed by atoms with Gasteiger partial charge in [0.15, 0.2) is 0 Å². The van der Waals surface area contributed by atoms with Crippen molar-refractivity contribution < 1.29 is 9.90 Å². The van der Waals surface area contributed by atoms with Gasteiger partial charge < -0.3 is 10.0 Å². The summed E-state index contributed by atoms with van der Waals surface area (Å²) in [7, 11) is 0. The summed E-state index contributed by atoms with van der Waals surface area (Å²) in [5, 5.41) is 9.57. The van der Waals surface area contributed by atoms with Gasteiger partial charge in [-0.25, -0.2) is 0 Å². The summed E-state index contributed by atoms with van der Waals surface area (Å²) in [4.78, 5) is 14.5. The second-order valence-electron chi connectivity index (χ2n) is 7.28. The summed E-state index contributed by atoms with van der Waals surface area (Å²) >= 11 is 0. The lowest BCUT2D eigenvalue weighted by atomic mass is 9.75. The Hall–Kier alpha value is -2.13. The molecule has 0 spiro atoms. The molecule has 4 rings (SSSR count). The van der Waals surface area contributed by atoms with Gasteiger partial charge in [-0.1, -0.05) is 48.5 Å². The van der Waals surface area contributed by atoms with E-state index in [-0.39, 0.29) is 12.6 Å². The predicted octanol–water partition coefficient (Wildman–Crippen LogP) is 3.44. The fourth-order valence-corrected chi connectivity index (χ4v) is 4.53. The Morgan fingerprint density at radius 1 is 1.04 bits per heavy atom. The molecular weight excluding hydrogens is 310 g/mol. The Morgan fingerprint density at radius 3 is 2.60 bits per heavy atom. The molecule has 1 amide bonds. The third-order valence-corrected chi connectivity index (χ3v) is 5.78. The molecule has 0 radical (unpaired) electrons. The summed E-state index contributed by atoms with van der Waals surface area (Å²) in [6, 6.07) is 17.2. The number of aliphatic hydroxyl groups is 1. The van der Waals surface area contributed by atoms with Crippen molar-refractivity contribution in [2.45, 2.75) is 50.7 Å². The van der Waals surface area contributed by atoms with Gasteiger partial charge in [-0.05, 0) is 47.9 Å². The van der Waals surface area contributed by atoms with Crippen LogP contribution in [0.25, 0.3) is 0 Å². The van der Waals surface area contributed by atoms with Crippen molar-refractivity contribution in [3.8, 4) is 0 Å². The lowest BCUT2D eigenvalue weighted by molar-refractivity contribution is -0.130. The normalized spacial score (nSPS) is 22.9. The molecular formula is C22H25NO2. The highest BCUT2D eigenvalue weighted by atomic mass is 16.3. The average Bonchev–Trinajstić information content (AvgIpc) is 3.08. The quantitative estimate of drug-likeness (QED) is 0.930. The topological polar surface area (TPSA) is 40.5 Å². The van der Waals surface area contributed by atoms with Gasteiger partial charge in [0.2, 0.25) is 5.91 Å². The van der Waals surface area contributed by atoms with Crippen LogP contribution in [0.5, 0.6) is 0 Å². The van der Waals surface area contributed by atoms with E-state index in [1.807, 2.05) is 12.1 Å². The molecule has 1 N–H and O–H groups in total. The molecule has 0 aromatic heterocycles. The molecule has 1 aliphatic carbocycles. The summed E-state index contributed by atoms with van der Waals surface area (Å²) < 4.78 is 0. The van der Waals surface area contributed by atoms with Crippen LogP contribution in [0.3, 0.4) is 0 Å². The first kappa shape index (κ1) is 16.3. The number of hydrogen-bond acceptors (Lipinski definition) is 2. The number of nitrogens with zero attached hydrogens (tertiary/aromatic N) is 1. The van der Waals surface area contributed by atoms with Crippen LogP contribution >= 0.6 is 0 Å². The van der Waals surface area contributed by atoms with Gasteiger partial charge in [0.1, 0.15) is 0 Å². The largest absolute Gasteiger partial charge is 0.392 e. The maximum Gasteiger partial charge on any atom is 0.222 e. The molecule has 0 saturated carbocycles. The fourth-order valence-electron chi connectivity index (χ4n) is 4.53. The molecule has 1 heterocycles. The van der Waals surface area contributed by atoms with E-state index < -0.39 is 0 Å². The number of aryl methyl sites for hydroxylation is 1. The van der Waals surface area contributed by atoms with E-state index in [9.17, 15) is 9.90 Å². The molecule has 1 aliphatic heterocycles. The third-order valence-electron chi connectivity index (χ3n) is 5.78. The Kier molecular flexibility index (Phi) is 4.58. The smallest absolute Gasteiger partial charge is 0.222 e. The highest BCUT2D eigenvalue weighted by molar-refractivity contribution is 5.78. The van der Waals surface area contributed by atoms with Gasteiger partial charge in [-0.2, -0.15) is 0 Å². The minimum absolute atomic E-state index is 0.0681. The molecule has 0 unspecified atom stereocenters. The number of carbonyl (C=O) groups excluding carboxylic acids is 1. The van der Waals surface area contributed by atoms with Gasteiger partial charge in [0, 0.05) is 24.9 Å². The number of rotatable bonds is 4. The minimum Gasteiger partial charge on any atom is -0.392 e. The standard InChI is InChI=1S/C22H25NO2/c24-15-17-8-9-18-10-11-21(23-12-4-7-22(23)25)20(19(18)14-17)13-16-5-2-1-3-6-16/h1-3,5-6,8-9,14,20-21,24H,4,7,10-13,15H2/t20-,21+/m1/s1. The van der Waals surface area contributed by atoms with E-state index in [2.05, 4.69) is 41.3 Å². The van der Waals surface area contributed by atoms with E-state index in [0.717, 1.165) is 37.8 Å². The van der Waals surface area contributed by atoms with E-state index >= 15 is 0 Å². The predicted molar refractivity (Wildman–Crippen MR) is 98.3 cm³/mol. The molecule has 1 fully saturated rings. The van der Waals surface area contributed by atoms with E-state index in [1.165, 1.54) is 16.7 Å². The van der Waals surface area contributed by atoms with Crippen molar-refractivity contribution in [2.75, 3.05) is 6.54 Å². The zero-order chi connectivity index (χ0) is 17.2. The maximum atomic E-state index is 12.4. The zero-order valence-electron chi connectivity index (χ0n) is 14.5. The second-order valence-corrected chi connectivity index (χ2v) is 7.28. The Labute approximate surface area is 149 Å². The molecule has 0 bridgehead atoms. The second kappa shape index (κ2) is 7.01. The Bertz CT molecular complexity index is 756. The molecule has 130 valence electrons. The van der Waals surface area contributed by atoms with Crippen LogP contribution in [0.2, 0.25) is 0 Å². The van der Waals surface area contributed by atoms with Crippen molar-refractivity contribution in [1.82, 2.24) is 4.90 Å². The Balaban J connectivity index is 1.72. The van der Waals surface area contributed by atoms with Crippen LogP contribution in [0.15, 0.2) is 48.5 Å². The fraction of sp³-hybridized carbons (Fsp3) is 0.409. The highest BCUT2D eigenvalue weighted by Gasteiger charge is 2.37. The van der Waals surface area contributed by atoms with Crippen LogP contribution in [0.4, 0.5) is 0 Å². The average molecular weight is 335 g/mol. The van der Waals surface area contributed by atoms with Gasteiger partial charge in [-0.15, -0.1) is 0 Å². The lowest BCUT2D eigenvalue weighted by Gasteiger charge is -2.39. The Morgan fingerprint density at radius 2 is 1.88 bits per heavy atom. The first-order valence-corrected chi connectivity index (χ1v) is 9.32. The molecule has 2 aliphatic rings. The summed E-state index contributed by atoms with van der Waals surface area (Å²) in [6.07, 6.45) is 4.67. The number of amides is 1. The van der Waals surface area contributed by atoms with Crippen molar-refractivity contribution in [1.29, 1.82) is 0 Å². The third kappa shape index (κ3) is 3.21. The van der Waals surface area contributed by atoms with Crippen LogP contribution < -0.4 is 0 Å². The van der Waals surface area contributed by atoms with Crippen molar-refractivity contribution in [2.24, 2.45) is 0 Å². The molecule has 25 heavy (non-hydrogen) atoms. The number of aliphatic hydroxyl groups excluding tert-OH is 1. The number of benzene rings is 2. The number of hydrogen-bond donors (Lipinski definition) is 1. The van der Waals surface area contributed by atoms with E-state index in [4.69, 9.17) is 0 Å². The van der Waals surface area contributed by atoms with Crippen molar-refractivity contribution >= 4 is 5.91 Å². The molecule has 3 heteroatoms. The summed E-state index contributed by atoms with van der Waals surface area (Å²) in [5.41, 5.74) is 4.98. The minimum atomic E-state index is 0.0681. The number of likely N-dealkylation sites (tertiary alicyclic amines) is 1. The van der Waals surface area contributed by atoms with Crippen LogP contribution in [0, 0.1) is 0 Å². The number of carbonyl (C=O) groups is 1. The van der Waals surface area contributed by atoms with E-state index in [1.54, 1.807) is 0 Å². The molecule has 2 aromatic carbocycles. The van der Waals surface area contributed by atoms with Crippen LogP contribution in [-0.4, -0.2) is 28.5 Å². The van der Waals surface area contributed by atoms with Gasteiger partial charge in [-0.3, -0.25) is 4.79 Å². The molecule has 2 atom stereocenters. The van der Waals surface area contributed by atoms with Gasteiger partial charge >= 0.3 is 0 Å². The molecule has 1 saturated heterocycles. The SMILES string of the molecule is O=C1CCCN1[C@H]1CCc2ccc(CO)cc2[C@H]1Cc1ccccc1. The first-order chi connectivity index (χ1) is 12.3. The van der Waals surface area contributed by atoms with Crippen LogP contribution in [-0.2, 0) is 24.2 Å². The van der Waals surface area contributed by atoms with Gasteiger partial charge in [0.05, 0.1) is 6.61 Å². The number of fused-ring (bicyclic) bond motifs is 1. The first-order valence-electron chi connectivity index (χ1n) is 9.32. The van der Waals surface area contributed by atoms with Gasteiger partial charge in [0.25, 0.3) is 0 Å². The summed E-state index contributed by atoms with van der Waals surface area (Å²) in [5.74, 6) is 0.615. The lowest BCUT2D eigenvalue weighted by Crippen LogP contribution is -2.43.